The molecule has 0 saturated heterocycles. The van der Waals surface area contributed by atoms with Gasteiger partial charge in [-0.25, -0.2) is 4.79 Å². The molecule has 2 aromatic carbocycles. The summed E-state index contributed by atoms with van der Waals surface area (Å²) in [4.78, 5) is 41.2. The van der Waals surface area contributed by atoms with Crippen molar-refractivity contribution in [1.29, 1.82) is 0 Å². The summed E-state index contributed by atoms with van der Waals surface area (Å²) in [5.74, 6) is -2.17. The van der Waals surface area contributed by atoms with Gasteiger partial charge in [-0.05, 0) is 29.8 Å². The van der Waals surface area contributed by atoms with Crippen molar-refractivity contribution in [3.63, 3.8) is 0 Å². The second-order valence-corrected chi connectivity index (χ2v) is 8.57. The number of esters is 1. The van der Waals surface area contributed by atoms with Crippen molar-refractivity contribution in [2.45, 2.75) is 12.5 Å². The number of amides is 1. The first-order chi connectivity index (χ1) is 16.3. The van der Waals surface area contributed by atoms with Crippen molar-refractivity contribution in [1.82, 2.24) is 4.90 Å². The van der Waals surface area contributed by atoms with Crippen LogP contribution in [0.25, 0.3) is 11.0 Å². The van der Waals surface area contributed by atoms with Crippen LogP contribution < -0.4 is 4.90 Å². The van der Waals surface area contributed by atoms with E-state index in [1.54, 1.807) is 42.5 Å². The van der Waals surface area contributed by atoms with Crippen LogP contribution in [-0.4, -0.2) is 62.0 Å². The maximum atomic E-state index is 13.5. The molecule has 1 atom stereocenters. The third-order valence-electron chi connectivity index (χ3n) is 5.92. The van der Waals surface area contributed by atoms with Gasteiger partial charge in [0.1, 0.15) is 5.58 Å². The maximum absolute atomic E-state index is 13.5. The molecule has 0 bridgehead atoms. The number of carbonyl (C=O) groups is 3. The summed E-state index contributed by atoms with van der Waals surface area (Å²) < 4.78 is 10.5. The van der Waals surface area contributed by atoms with E-state index in [1.807, 2.05) is 26.2 Å². The van der Waals surface area contributed by atoms with Gasteiger partial charge in [0.2, 0.25) is 5.78 Å². The summed E-state index contributed by atoms with van der Waals surface area (Å²) in [6, 6.07) is 14.5. The topological polar surface area (TPSA) is 101 Å². The Balaban J connectivity index is 1.74. The summed E-state index contributed by atoms with van der Waals surface area (Å²) in [6.45, 7) is 1.17. The Morgan fingerprint density at radius 3 is 2.47 bits per heavy atom. The van der Waals surface area contributed by atoms with Crippen LogP contribution in [0.3, 0.4) is 0 Å². The first-order valence-electron chi connectivity index (χ1n) is 11.1. The van der Waals surface area contributed by atoms with Gasteiger partial charge in [-0.1, -0.05) is 30.3 Å². The third kappa shape index (κ3) is 4.32. The van der Waals surface area contributed by atoms with Crippen LogP contribution in [0.4, 0.5) is 0 Å². The number of hydrogen-bond acceptors (Lipinski definition) is 6. The molecule has 2 N–H and O–H groups in total. The number of para-hydroxylation sites is 1. The lowest BCUT2D eigenvalue weighted by molar-refractivity contribution is -0.858. The van der Waals surface area contributed by atoms with Crippen LogP contribution in [0.1, 0.15) is 38.9 Å². The molecular weight excluding hydrogens is 436 g/mol. The third-order valence-corrected chi connectivity index (χ3v) is 5.92. The van der Waals surface area contributed by atoms with E-state index in [0.29, 0.717) is 29.7 Å². The van der Waals surface area contributed by atoms with Gasteiger partial charge in [0.05, 0.1) is 44.9 Å². The summed E-state index contributed by atoms with van der Waals surface area (Å²) in [6.07, 6.45) is 0.685. The monoisotopic (exact) mass is 463 g/mol. The number of methoxy groups -OCH3 is 1. The number of aliphatic hydroxyl groups is 1. The number of aliphatic hydroxyl groups excluding tert-OH is 1. The molecule has 1 amide bonds. The Morgan fingerprint density at radius 2 is 1.82 bits per heavy atom. The van der Waals surface area contributed by atoms with E-state index < -0.39 is 29.5 Å². The van der Waals surface area contributed by atoms with Gasteiger partial charge in [0.25, 0.3) is 5.91 Å². The first-order valence-corrected chi connectivity index (χ1v) is 11.1. The van der Waals surface area contributed by atoms with E-state index in [4.69, 9.17) is 9.15 Å². The Morgan fingerprint density at radius 1 is 1.12 bits per heavy atom. The zero-order valence-electron chi connectivity index (χ0n) is 19.3. The molecule has 8 nitrogen and oxygen atoms in total. The van der Waals surface area contributed by atoms with Crippen molar-refractivity contribution in [3.8, 4) is 0 Å². The minimum absolute atomic E-state index is 0.0351. The first kappa shape index (κ1) is 23.3. The molecule has 1 aliphatic heterocycles. The highest BCUT2D eigenvalue weighted by atomic mass is 16.5. The number of hydrogen-bond donors (Lipinski definition) is 2. The molecule has 3 aromatic rings. The van der Waals surface area contributed by atoms with Gasteiger partial charge in [0.15, 0.2) is 11.5 Å². The highest BCUT2D eigenvalue weighted by Crippen LogP contribution is 2.39. The number of nitrogens with one attached hydrogen (secondary N) is 1. The van der Waals surface area contributed by atoms with Crippen molar-refractivity contribution in [2.24, 2.45) is 0 Å². The average molecular weight is 464 g/mol. The number of nitrogens with zero attached hydrogens (tertiary/aromatic N) is 1. The van der Waals surface area contributed by atoms with Crippen LogP contribution >= 0.6 is 0 Å². The summed E-state index contributed by atoms with van der Waals surface area (Å²) in [7, 11) is 5.33. The second kappa shape index (κ2) is 9.52. The number of quaternary nitrogens is 1. The number of rotatable bonds is 8. The molecule has 176 valence electrons. The van der Waals surface area contributed by atoms with Crippen LogP contribution in [0.15, 0.2) is 70.3 Å². The highest BCUT2D eigenvalue weighted by Gasteiger charge is 2.44. The smallest absolute Gasteiger partial charge is 0.337 e. The standard InChI is InChI=1S/C26H26N2O6/c1-27(2)13-6-14-28-22(16-9-11-17(12-10-16)26(32)33-3)21(24(30)25(28)31)23(29)20-15-18-7-4-5-8-19(18)34-20/h4-5,7-12,15,22,30H,6,13-14H2,1-3H3/p+1/t22-/m1/s1. The molecule has 0 saturated carbocycles. The highest BCUT2D eigenvalue weighted by molar-refractivity contribution is 6.16. The van der Waals surface area contributed by atoms with E-state index >= 15 is 0 Å². The molecule has 0 radical (unpaired) electrons. The second-order valence-electron chi connectivity index (χ2n) is 8.57. The molecular formula is C26H27N2O6+. The molecule has 4 rings (SSSR count). The van der Waals surface area contributed by atoms with E-state index in [9.17, 15) is 19.5 Å². The zero-order valence-corrected chi connectivity index (χ0v) is 19.3. The number of fused-ring (bicyclic) bond motifs is 1. The van der Waals surface area contributed by atoms with Gasteiger partial charge in [-0.15, -0.1) is 0 Å². The molecule has 8 heteroatoms. The van der Waals surface area contributed by atoms with E-state index in [1.165, 1.54) is 16.9 Å². The van der Waals surface area contributed by atoms with E-state index in [-0.39, 0.29) is 11.3 Å². The molecule has 2 heterocycles. The SMILES string of the molecule is COC(=O)c1ccc([C@@H]2C(C(=O)c3cc4ccccc4o3)=C(O)C(=O)N2CCC[NH+](C)C)cc1. The van der Waals surface area contributed by atoms with Crippen molar-refractivity contribution < 1.29 is 33.5 Å². The molecule has 1 aliphatic rings. The molecule has 1 aromatic heterocycles. The quantitative estimate of drug-likeness (QED) is 0.393. The molecule has 0 spiro atoms. The maximum Gasteiger partial charge on any atom is 0.337 e. The Labute approximate surface area is 197 Å². The normalized spacial score (nSPS) is 16.1. The number of furan rings is 1. The predicted molar refractivity (Wildman–Crippen MR) is 125 cm³/mol. The summed E-state index contributed by atoms with van der Waals surface area (Å²) in [5, 5.41) is 11.6. The largest absolute Gasteiger partial charge is 0.503 e. The number of benzene rings is 2. The van der Waals surface area contributed by atoms with E-state index in [0.717, 1.165) is 11.9 Å². The van der Waals surface area contributed by atoms with Gasteiger partial charge >= 0.3 is 5.97 Å². The fourth-order valence-electron chi connectivity index (χ4n) is 4.21. The summed E-state index contributed by atoms with van der Waals surface area (Å²) >= 11 is 0. The number of ketones is 1. The van der Waals surface area contributed by atoms with Crippen LogP contribution in [0.5, 0.6) is 0 Å². The molecule has 0 fully saturated rings. The molecule has 34 heavy (non-hydrogen) atoms. The van der Waals surface area contributed by atoms with Crippen LogP contribution in [0, 0.1) is 0 Å². The van der Waals surface area contributed by atoms with E-state index in [2.05, 4.69) is 0 Å². The summed E-state index contributed by atoms with van der Waals surface area (Å²) in [5.41, 5.74) is 1.45. The Hall–Kier alpha value is -3.91. The van der Waals surface area contributed by atoms with Crippen molar-refractivity contribution in [3.05, 3.63) is 82.8 Å². The van der Waals surface area contributed by atoms with Crippen LogP contribution in [-0.2, 0) is 9.53 Å². The van der Waals surface area contributed by atoms with Gasteiger partial charge in [-0.3, -0.25) is 9.59 Å². The van der Waals surface area contributed by atoms with Crippen molar-refractivity contribution >= 4 is 28.6 Å². The lowest BCUT2D eigenvalue weighted by Gasteiger charge is -2.27. The van der Waals surface area contributed by atoms with Crippen molar-refractivity contribution in [2.75, 3.05) is 34.3 Å². The van der Waals surface area contributed by atoms with Gasteiger partial charge in [0, 0.05) is 18.4 Å². The zero-order chi connectivity index (χ0) is 24.4. The molecule has 0 aliphatic carbocycles. The number of Topliss-reactive ketones (excluding diaryl/α,β-unsaturated/α-hetero) is 1. The number of ether oxygens (including phenoxy) is 1. The Kier molecular flexibility index (Phi) is 6.51. The van der Waals surface area contributed by atoms with Crippen LogP contribution in [0.2, 0.25) is 0 Å². The minimum atomic E-state index is -0.808. The fourth-order valence-corrected chi connectivity index (χ4v) is 4.21. The minimum Gasteiger partial charge on any atom is -0.503 e. The lowest BCUT2D eigenvalue weighted by atomic mass is 9.94. The average Bonchev–Trinajstić information content (AvgIpc) is 3.38. The molecule has 0 unspecified atom stereocenters. The van der Waals surface area contributed by atoms with Gasteiger partial charge in [-0.2, -0.15) is 0 Å². The fraction of sp³-hybridized carbons (Fsp3) is 0.269. The number of carbonyl (C=O) groups excluding carboxylic acids is 3. The van der Waals surface area contributed by atoms with Gasteiger partial charge < -0.3 is 24.1 Å². The predicted octanol–water partition coefficient (Wildman–Crippen LogP) is 2.33. The Bertz CT molecular complexity index is 1240. The lowest BCUT2D eigenvalue weighted by Crippen LogP contribution is -3.05.